The number of halogens is 1. The molecule has 0 fully saturated rings. The Hall–Kier alpha value is -0.194. The van der Waals surface area contributed by atoms with Crippen LogP contribution < -0.4 is 62.1 Å². The van der Waals surface area contributed by atoms with E-state index >= 15 is 0 Å². The minimum absolute atomic E-state index is 0. The number of nitrogens with zero attached hydrogens (tertiary/aromatic N) is 1. The summed E-state index contributed by atoms with van der Waals surface area (Å²) in [5.74, 6) is -0.699. The van der Waals surface area contributed by atoms with E-state index in [0.717, 1.165) is 6.07 Å². The number of H-pyrrole nitrogens is 1. The standard InChI is InChI=1S/C9H9FN2O2.K/c1-9(2,10)6-3-7(13)12-8(14)5(6)4-11;/h3H,1-2H3,(H2,12,13,14);/q;+1/p-1. The molecule has 0 bridgehead atoms. The number of hydrogen-bond donors (Lipinski definition) is 1. The zero-order valence-corrected chi connectivity index (χ0v) is 11.8. The van der Waals surface area contributed by atoms with E-state index in [4.69, 9.17) is 5.26 Å². The average molecular weight is 234 g/mol. The molecular formula is C9H8FKN2O2. The van der Waals surface area contributed by atoms with Gasteiger partial charge in [-0.15, -0.1) is 0 Å². The van der Waals surface area contributed by atoms with Gasteiger partial charge in [0.05, 0.1) is 0 Å². The second-order valence-electron chi connectivity index (χ2n) is 3.34. The topological polar surface area (TPSA) is 79.7 Å². The Labute approximate surface area is 129 Å². The number of nitrogens with one attached hydrogen (secondary N) is 1. The van der Waals surface area contributed by atoms with Crippen LogP contribution in [0.3, 0.4) is 0 Å². The summed E-state index contributed by atoms with van der Waals surface area (Å²) in [5, 5.41) is 19.5. The van der Waals surface area contributed by atoms with Crippen LogP contribution in [0.5, 0.6) is 5.88 Å². The first-order valence-electron chi connectivity index (χ1n) is 3.90. The van der Waals surface area contributed by atoms with Crippen molar-refractivity contribution in [2.24, 2.45) is 0 Å². The van der Waals surface area contributed by atoms with E-state index in [1.807, 2.05) is 4.98 Å². The fourth-order valence-electron chi connectivity index (χ4n) is 1.12. The molecule has 1 aromatic rings. The Morgan fingerprint density at radius 1 is 1.60 bits per heavy atom. The molecule has 0 amide bonds. The number of rotatable bonds is 1. The minimum Gasteiger partial charge on any atom is -0.860 e. The van der Waals surface area contributed by atoms with Crippen LogP contribution in [0.15, 0.2) is 10.9 Å². The molecule has 1 heterocycles. The fraction of sp³-hybridized carbons (Fsp3) is 0.333. The summed E-state index contributed by atoms with van der Waals surface area (Å²) in [7, 11) is 0. The molecule has 0 atom stereocenters. The quantitative estimate of drug-likeness (QED) is 0.547. The molecular weight excluding hydrogens is 226 g/mol. The van der Waals surface area contributed by atoms with E-state index in [-0.39, 0.29) is 62.5 Å². The molecule has 0 radical (unpaired) electrons. The van der Waals surface area contributed by atoms with Crippen LogP contribution in [0, 0.1) is 11.3 Å². The van der Waals surface area contributed by atoms with Crippen molar-refractivity contribution in [3.63, 3.8) is 0 Å². The molecule has 1 N–H and O–H groups in total. The molecule has 0 spiro atoms. The summed E-state index contributed by atoms with van der Waals surface area (Å²) >= 11 is 0. The maximum absolute atomic E-state index is 13.5. The summed E-state index contributed by atoms with van der Waals surface area (Å²) in [5.41, 5.74) is -3.25. The molecule has 1 rings (SSSR count). The van der Waals surface area contributed by atoms with Crippen LogP contribution >= 0.6 is 0 Å². The van der Waals surface area contributed by atoms with E-state index in [1.54, 1.807) is 6.07 Å². The van der Waals surface area contributed by atoms with E-state index in [2.05, 4.69) is 0 Å². The van der Waals surface area contributed by atoms with Crippen molar-refractivity contribution < 1.29 is 60.9 Å². The number of aromatic amines is 1. The molecule has 6 heteroatoms. The van der Waals surface area contributed by atoms with Crippen molar-refractivity contribution in [2.45, 2.75) is 19.5 Å². The normalized spacial score (nSPS) is 10.3. The maximum atomic E-state index is 13.5. The third-order valence-electron chi connectivity index (χ3n) is 1.76. The van der Waals surface area contributed by atoms with Crippen molar-refractivity contribution in [1.82, 2.24) is 4.98 Å². The van der Waals surface area contributed by atoms with Gasteiger partial charge < -0.3 is 10.1 Å². The Morgan fingerprint density at radius 2 is 2.13 bits per heavy atom. The van der Waals surface area contributed by atoms with Crippen molar-refractivity contribution in [2.75, 3.05) is 0 Å². The van der Waals surface area contributed by atoms with Crippen LogP contribution in [0.2, 0.25) is 0 Å². The van der Waals surface area contributed by atoms with E-state index in [9.17, 15) is 14.3 Å². The number of alkyl halides is 1. The molecule has 0 aliphatic heterocycles. The van der Waals surface area contributed by atoms with E-state index in [1.165, 1.54) is 13.8 Å². The van der Waals surface area contributed by atoms with Gasteiger partial charge in [-0.05, 0) is 25.8 Å². The maximum Gasteiger partial charge on any atom is 1.00 e. The van der Waals surface area contributed by atoms with Crippen molar-refractivity contribution in [3.8, 4) is 11.9 Å². The molecule has 0 saturated heterocycles. The molecule has 1 aromatic heterocycles. The molecule has 15 heavy (non-hydrogen) atoms. The summed E-state index contributed by atoms with van der Waals surface area (Å²) in [6.45, 7) is 2.37. The third-order valence-corrected chi connectivity index (χ3v) is 1.76. The van der Waals surface area contributed by atoms with Gasteiger partial charge >= 0.3 is 51.4 Å². The minimum atomic E-state index is -1.88. The van der Waals surface area contributed by atoms with Crippen LogP contribution in [-0.4, -0.2) is 4.98 Å². The zero-order valence-electron chi connectivity index (χ0n) is 8.72. The molecule has 0 aliphatic carbocycles. The monoisotopic (exact) mass is 234 g/mol. The van der Waals surface area contributed by atoms with Crippen molar-refractivity contribution >= 4 is 0 Å². The molecule has 74 valence electrons. The largest absolute Gasteiger partial charge is 1.00 e. The Kier molecular flexibility index (Phi) is 5.16. The predicted octanol–water partition coefficient (Wildman–Crippen LogP) is -2.47. The van der Waals surface area contributed by atoms with Gasteiger partial charge in [0.2, 0.25) is 0 Å². The Bertz CT molecular complexity index is 457. The Balaban J connectivity index is 0.00000196. The number of aromatic nitrogens is 1. The van der Waals surface area contributed by atoms with Crippen molar-refractivity contribution in [1.29, 1.82) is 5.26 Å². The van der Waals surface area contributed by atoms with Gasteiger partial charge in [0, 0.05) is 5.56 Å². The first-order chi connectivity index (χ1) is 6.36. The van der Waals surface area contributed by atoms with Gasteiger partial charge in [-0.3, -0.25) is 4.79 Å². The van der Waals surface area contributed by atoms with Gasteiger partial charge in [0.15, 0.2) is 0 Å². The van der Waals surface area contributed by atoms with Crippen LogP contribution in [0.4, 0.5) is 4.39 Å². The zero-order chi connectivity index (χ0) is 10.9. The fourth-order valence-corrected chi connectivity index (χ4v) is 1.12. The van der Waals surface area contributed by atoms with E-state index < -0.39 is 17.1 Å². The SMILES string of the molecule is CC(C)(F)c1cc([O-])[nH]c(=O)c1C#N.[K+]. The van der Waals surface area contributed by atoms with Crippen LogP contribution in [0.1, 0.15) is 25.0 Å². The second-order valence-corrected chi connectivity index (χ2v) is 3.34. The molecule has 0 unspecified atom stereocenters. The van der Waals surface area contributed by atoms with Crippen LogP contribution in [0.25, 0.3) is 0 Å². The van der Waals surface area contributed by atoms with Gasteiger partial charge in [-0.1, -0.05) is 0 Å². The van der Waals surface area contributed by atoms with Gasteiger partial charge in [-0.2, -0.15) is 5.26 Å². The third kappa shape index (κ3) is 3.40. The number of hydrogen-bond acceptors (Lipinski definition) is 3. The van der Waals surface area contributed by atoms with Gasteiger partial charge in [-0.25, -0.2) is 4.39 Å². The first kappa shape index (κ1) is 14.8. The predicted molar refractivity (Wildman–Crippen MR) is 45.4 cm³/mol. The van der Waals surface area contributed by atoms with Gasteiger partial charge in [0.25, 0.3) is 5.56 Å². The summed E-state index contributed by atoms with van der Waals surface area (Å²) in [6, 6.07) is 2.51. The molecule has 0 aliphatic rings. The number of pyridine rings is 1. The van der Waals surface area contributed by atoms with E-state index in [0.29, 0.717) is 0 Å². The summed E-state index contributed by atoms with van der Waals surface area (Å²) < 4.78 is 13.5. The smallest absolute Gasteiger partial charge is 0.860 e. The summed E-state index contributed by atoms with van der Waals surface area (Å²) in [6.07, 6.45) is 0. The molecule has 0 saturated carbocycles. The van der Waals surface area contributed by atoms with Gasteiger partial charge in [0.1, 0.15) is 17.3 Å². The number of nitriles is 1. The second kappa shape index (κ2) is 5.23. The average Bonchev–Trinajstić information content (AvgIpc) is 2.01. The van der Waals surface area contributed by atoms with Crippen molar-refractivity contribution in [3.05, 3.63) is 27.5 Å². The Morgan fingerprint density at radius 3 is 2.53 bits per heavy atom. The van der Waals surface area contributed by atoms with Crippen LogP contribution in [-0.2, 0) is 5.67 Å². The summed E-state index contributed by atoms with van der Waals surface area (Å²) in [4.78, 5) is 13.0. The first-order valence-corrected chi connectivity index (χ1v) is 3.90. The molecule has 0 aromatic carbocycles. The molecule has 4 nitrogen and oxygen atoms in total.